The largest absolute Gasteiger partial charge is 0.326 e. The number of halogens is 1. The van der Waals surface area contributed by atoms with Gasteiger partial charge in [-0.1, -0.05) is 42.5 Å². The minimum atomic E-state index is -3.89. The van der Waals surface area contributed by atoms with Gasteiger partial charge in [0.15, 0.2) is 0 Å². The summed E-state index contributed by atoms with van der Waals surface area (Å²) in [4.78, 5) is -0.279. The van der Waals surface area contributed by atoms with Crippen molar-refractivity contribution in [1.82, 2.24) is 4.31 Å². The van der Waals surface area contributed by atoms with Crippen molar-refractivity contribution in [2.24, 2.45) is 5.73 Å². The molecule has 0 bridgehead atoms. The van der Waals surface area contributed by atoms with Gasteiger partial charge < -0.3 is 5.73 Å². The number of hydrogen-bond donors (Lipinski definition) is 1. The predicted octanol–water partition coefficient (Wildman–Crippen LogP) is 2.25. The van der Waals surface area contributed by atoms with E-state index < -0.39 is 15.8 Å². The lowest BCUT2D eigenvalue weighted by molar-refractivity contribution is 0.462. The highest BCUT2D eigenvalue weighted by atomic mass is 32.2. The third-order valence-electron chi connectivity index (χ3n) is 4.33. The predicted molar refractivity (Wildman–Crippen MR) is 87.1 cm³/mol. The van der Waals surface area contributed by atoms with Gasteiger partial charge in [-0.15, -0.1) is 0 Å². The van der Waals surface area contributed by atoms with Crippen molar-refractivity contribution < 1.29 is 12.8 Å². The Labute approximate surface area is 135 Å². The van der Waals surface area contributed by atoms with Crippen molar-refractivity contribution in [3.63, 3.8) is 0 Å². The number of nitrogens with two attached hydrogens (primary N) is 1. The van der Waals surface area contributed by atoms with Crippen molar-refractivity contribution in [2.75, 3.05) is 13.1 Å². The Hall–Kier alpha value is -1.76. The fourth-order valence-electron chi connectivity index (χ4n) is 3.00. The molecular formula is C17H19FN2O2S. The molecule has 0 aromatic heterocycles. The van der Waals surface area contributed by atoms with E-state index in [1.165, 1.54) is 10.4 Å². The maximum atomic E-state index is 14.2. The monoisotopic (exact) mass is 334 g/mol. The molecule has 0 saturated carbocycles. The first-order chi connectivity index (χ1) is 10.9. The summed E-state index contributed by atoms with van der Waals surface area (Å²) < 4.78 is 41.0. The first-order valence-corrected chi connectivity index (χ1v) is 8.91. The van der Waals surface area contributed by atoms with Crippen LogP contribution < -0.4 is 5.73 Å². The van der Waals surface area contributed by atoms with Crippen molar-refractivity contribution >= 4 is 10.0 Å². The molecule has 2 aromatic carbocycles. The molecule has 0 aliphatic carbocycles. The summed E-state index contributed by atoms with van der Waals surface area (Å²) >= 11 is 0. The van der Waals surface area contributed by atoms with Gasteiger partial charge in [0.1, 0.15) is 10.7 Å². The van der Waals surface area contributed by atoms with E-state index in [0.717, 1.165) is 5.56 Å². The Morgan fingerprint density at radius 3 is 2.48 bits per heavy atom. The van der Waals surface area contributed by atoms with Gasteiger partial charge in [0.2, 0.25) is 10.0 Å². The maximum Gasteiger partial charge on any atom is 0.246 e. The summed E-state index contributed by atoms with van der Waals surface area (Å²) in [5.41, 5.74) is 7.46. The molecule has 4 nitrogen and oxygen atoms in total. The van der Waals surface area contributed by atoms with Gasteiger partial charge in [-0.05, 0) is 24.1 Å². The molecule has 122 valence electrons. The van der Waals surface area contributed by atoms with Crippen LogP contribution in [0, 0.1) is 12.7 Å². The van der Waals surface area contributed by atoms with Gasteiger partial charge in [0, 0.05) is 25.0 Å². The minimum Gasteiger partial charge on any atom is -0.326 e. The van der Waals surface area contributed by atoms with E-state index in [4.69, 9.17) is 5.73 Å². The van der Waals surface area contributed by atoms with Crippen LogP contribution in [0.25, 0.3) is 0 Å². The van der Waals surface area contributed by atoms with Gasteiger partial charge in [0.05, 0.1) is 0 Å². The van der Waals surface area contributed by atoms with E-state index in [2.05, 4.69) is 0 Å². The Bertz CT molecular complexity index is 809. The van der Waals surface area contributed by atoms with Crippen LogP contribution in [-0.2, 0) is 10.0 Å². The molecule has 1 saturated heterocycles. The number of sulfonamides is 1. The second kappa shape index (κ2) is 6.03. The second-order valence-electron chi connectivity index (χ2n) is 5.89. The highest BCUT2D eigenvalue weighted by Crippen LogP contribution is 2.31. The average Bonchev–Trinajstić information content (AvgIpc) is 2.93. The summed E-state index contributed by atoms with van der Waals surface area (Å²) in [6.45, 7) is 2.01. The third kappa shape index (κ3) is 2.89. The van der Waals surface area contributed by atoms with Crippen LogP contribution >= 0.6 is 0 Å². The van der Waals surface area contributed by atoms with E-state index in [1.807, 2.05) is 30.3 Å². The first kappa shape index (κ1) is 16.1. The zero-order valence-electron chi connectivity index (χ0n) is 12.8. The number of rotatable bonds is 3. The molecule has 6 heteroatoms. The fourth-order valence-corrected chi connectivity index (χ4v) is 4.64. The number of benzene rings is 2. The minimum absolute atomic E-state index is 0.0844. The van der Waals surface area contributed by atoms with Gasteiger partial charge in [-0.3, -0.25) is 0 Å². The molecule has 2 N–H and O–H groups in total. The molecule has 1 aliphatic heterocycles. The highest BCUT2D eigenvalue weighted by Gasteiger charge is 2.39. The Kier molecular flexibility index (Phi) is 4.23. The average molecular weight is 334 g/mol. The quantitative estimate of drug-likeness (QED) is 0.936. The fraction of sp³-hybridized carbons (Fsp3) is 0.294. The Balaban J connectivity index is 1.92. The lowest BCUT2D eigenvalue weighted by Crippen LogP contribution is -2.32. The van der Waals surface area contributed by atoms with E-state index in [9.17, 15) is 12.8 Å². The molecule has 3 rings (SSSR count). The Morgan fingerprint density at radius 1 is 1.09 bits per heavy atom. The van der Waals surface area contributed by atoms with Crippen molar-refractivity contribution in [3.05, 3.63) is 65.5 Å². The second-order valence-corrected chi connectivity index (χ2v) is 7.80. The summed E-state index contributed by atoms with van der Waals surface area (Å²) in [5, 5.41) is 0. The topological polar surface area (TPSA) is 63.4 Å². The van der Waals surface area contributed by atoms with Crippen molar-refractivity contribution in [2.45, 2.75) is 23.8 Å². The van der Waals surface area contributed by atoms with Crippen LogP contribution in [0.3, 0.4) is 0 Å². The van der Waals surface area contributed by atoms with E-state index in [1.54, 1.807) is 19.1 Å². The molecule has 0 radical (unpaired) electrons. The van der Waals surface area contributed by atoms with Crippen molar-refractivity contribution in [1.29, 1.82) is 0 Å². The molecule has 1 fully saturated rings. The van der Waals surface area contributed by atoms with Gasteiger partial charge in [-0.2, -0.15) is 4.31 Å². The SMILES string of the molecule is Cc1cccc(S(=O)(=O)N2C[C@@H](N)[C@H](c3ccccc3)C2)c1F. The smallest absolute Gasteiger partial charge is 0.246 e. The lowest BCUT2D eigenvalue weighted by Gasteiger charge is -2.17. The van der Waals surface area contributed by atoms with E-state index in [-0.39, 0.29) is 29.9 Å². The molecule has 2 atom stereocenters. The molecular weight excluding hydrogens is 315 g/mol. The van der Waals surface area contributed by atoms with Gasteiger partial charge >= 0.3 is 0 Å². The van der Waals surface area contributed by atoms with Gasteiger partial charge in [-0.25, -0.2) is 12.8 Å². The Morgan fingerprint density at radius 2 is 1.78 bits per heavy atom. The number of nitrogens with zero attached hydrogens (tertiary/aromatic N) is 1. The van der Waals surface area contributed by atoms with E-state index in [0.29, 0.717) is 5.56 Å². The maximum absolute atomic E-state index is 14.2. The standard InChI is InChI=1S/C17H19FN2O2S/c1-12-6-5-9-16(17(12)18)23(21,22)20-10-14(15(19)11-20)13-7-3-2-4-8-13/h2-9,14-15H,10-11,19H2,1H3/t14-,15+/m0/s1. The molecule has 23 heavy (non-hydrogen) atoms. The molecule has 0 amide bonds. The zero-order valence-corrected chi connectivity index (χ0v) is 13.6. The molecule has 0 unspecified atom stereocenters. The molecule has 0 spiro atoms. The van der Waals surface area contributed by atoms with Crippen LogP contribution in [0.1, 0.15) is 17.0 Å². The molecule has 2 aromatic rings. The third-order valence-corrected chi connectivity index (χ3v) is 6.18. The van der Waals surface area contributed by atoms with Crippen LogP contribution in [0.15, 0.2) is 53.4 Å². The van der Waals surface area contributed by atoms with Crippen LogP contribution in [0.5, 0.6) is 0 Å². The molecule has 1 aliphatic rings. The van der Waals surface area contributed by atoms with Crippen LogP contribution in [0.2, 0.25) is 0 Å². The van der Waals surface area contributed by atoms with Crippen LogP contribution in [0.4, 0.5) is 4.39 Å². The summed E-state index contributed by atoms with van der Waals surface area (Å²) in [5.74, 6) is -0.775. The summed E-state index contributed by atoms with van der Waals surface area (Å²) in [6, 6.07) is 13.7. The van der Waals surface area contributed by atoms with Gasteiger partial charge in [0.25, 0.3) is 0 Å². The molecule has 1 heterocycles. The first-order valence-electron chi connectivity index (χ1n) is 7.47. The number of aryl methyl sites for hydroxylation is 1. The zero-order chi connectivity index (χ0) is 16.6. The van der Waals surface area contributed by atoms with Crippen LogP contribution in [-0.4, -0.2) is 31.9 Å². The van der Waals surface area contributed by atoms with Crippen molar-refractivity contribution in [3.8, 4) is 0 Å². The number of hydrogen-bond acceptors (Lipinski definition) is 3. The summed E-state index contributed by atoms with van der Waals surface area (Å²) in [7, 11) is -3.89. The highest BCUT2D eigenvalue weighted by molar-refractivity contribution is 7.89. The van der Waals surface area contributed by atoms with E-state index >= 15 is 0 Å². The normalized spacial score (nSPS) is 22.4. The lowest BCUT2D eigenvalue weighted by atomic mass is 9.95. The summed E-state index contributed by atoms with van der Waals surface area (Å²) in [6.07, 6.45) is 0.